The van der Waals surface area contributed by atoms with Crippen molar-refractivity contribution >= 4 is 17.8 Å². The molecule has 0 unspecified atom stereocenters. The molecule has 0 bridgehead atoms. The largest absolute Gasteiger partial charge is 0.481 e. The SMILES string of the molecule is CC[C@H](C)[C@@H]([C@@H](CC(=O)O)OC)N(C)C(=O)[C@@H](C(=O)OCC1c2ccccc2-c2ccccc21)C(C)C. The fourth-order valence-corrected chi connectivity index (χ4v) is 5.47. The summed E-state index contributed by atoms with van der Waals surface area (Å²) in [5, 5.41) is 9.38. The molecule has 37 heavy (non-hydrogen) atoms. The lowest BCUT2D eigenvalue weighted by Crippen LogP contribution is -2.53. The van der Waals surface area contributed by atoms with Crippen molar-refractivity contribution in [3.63, 3.8) is 0 Å². The monoisotopic (exact) mass is 509 g/mol. The zero-order valence-corrected chi connectivity index (χ0v) is 22.6. The number of carbonyl (C=O) groups is 3. The molecule has 0 fully saturated rings. The van der Waals surface area contributed by atoms with E-state index < -0.39 is 30.0 Å². The highest BCUT2D eigenvalue weighted by Crippen LogP contribution is 2.44. The molecule has 0 heterocycles. The molecule has 0 aromatic heterocycles. The van der Waals surface area contributed by atoms with Crippen molar-refractivity contribution in [2.45, 2.75) is 58.6 Å². The van der Waals surface area contributed by atoms with E-state index in [4.69, 9.17) is 9.47 Å². The number of likely N-dealkylation sites (N-methyl/N-ethyl adjacent to an activating group) is 1. The molecular weight excluding hydrogens is 470 g/mol. The second kappa shape index (κ2) is 12.4. The number of carboxylic acid groups (broad SMARTS) is 1. The lowest BCUT2D eigenvalue weighted by molar-refractivity contribution is -0.161. The Kier molecular flexibility index (Phi) is 9.49. The van der Waals surface area contributed by atoms with Gasteiger partial charge in [0, 0.05) is 20.1 Å². The Labute approximate surface area is 219 Å². The molecule has 3 rings (SSSR count). The number of carbonyl (C=O) groups excluding carboxylic acids is 2. The summed E-state index contributed by atoms with van der Waals surface area (Å²) < 4.78 is 11.3. The first kappa shape index (κ1) is 28.4. The number of fused-ring (bicyclic) bond motifs is 3. The molecule has 2 aromatic carbocycles. The number of hydrogen-bond acceptors (Lipinski definition) is 5. The predicted molar refractivity (Wildman–Crippen MR) is 142 cm³/mol. The number of hydrogen-bond donors (Lipinski definition) is 1. The van der Waals surface area contributed by atoms with Crippen LogP contribution < -0.4 is 0 Å². The number of esters is 1. The number of nitrogens with zero attached hydrogens (tertiary/aromatic N) is 1. The molecule has 0 spiro atoms. The van der Waals surface area contributed by atoms with Gasteiger partial charge in [0.2, 0.25) is 5.91 Å². The summed E-state index contributed by atoms with van der Waals surface area (Å²) in [7, 11) is 3.08. The van der Waals surface area contributed by atoms with Crippen molar-refractivity contribution in [3.05, 3.63) is 59.7 Å². The zero-order chi connectivity index (χ0) is 27.3. The molecule has 7 nitrogen and oxygen atoms in total. The summed E-state index contributed by atoms with van der Waals surface area (Å²) in [6.45, 7) is 7.72. The summed E-state index contributed by atoms with van der Waals surface area (Å²) in [6, 6.07) is 15.7. The summed E-state index contributed by atoms with van der Waals surface area (Å²) >= 11 is 0. The molecule has 200 valence electrons. The van der Waals surface area contributed by atoms with Gasteiger partial charge < -0.3 is 19.5 Å². The minimum atomic E-state index is -1.01. The smallest absolute Gasteiger partial charge is 0.318 e. The number of ether oxygens (including phenoxy) is 2. The van der Waals surface area contributed by atoms with Crippen LogP contribution in [-0.2, 0) is 23.9 Å². The van der Waals surface area contributed by atoms with Crippen LogP contribution in [0, 0.1) is 17.8 Å². The summed E-state index contributed by atoms with van der Waals surface area (Å²) in [5.74, 6) is -3.40. The normalized spacial score (nSPS) is 15.9. The van der Waals surface area contributed by atoms with Crippen LogP contribution in [0.4, 0.5) is 0 Å². The van der Waals surface area contributed by atoms with Gasteiger partial charge in [-0.05, 0) is 34.1 Å². The van der Waals surface area contributed by atoms with Crippen molar-refractivity contribution in [1.82, 2.24) is 4.90 Å². The molecule has 0 radical (unpaired) electrons. The van der Waals surface area contributed by atoms with Gasteiger partial charge in [-0.15, -0.1) is 0 Å². The second-order valence-corrected chi connectivity index (χ2v) is 10.3. The third-order valence-electron chi connectivity index (χ3n) is 7.62. The number of aliphatic carboxylic acids is 1. The van der Waals surface area contributed by atoms with E-state index >= 15 is 0 Å². The summed E-state index contributed by atoms with van der Waals surface area (Å²) in [6.07, 6.45) is -0.212. The van der Waals surface area contributed by atoms with E-state index in [1.165, 1.54) is 12.0 Å². The number of methoxy groups -OCH3 is 1. The van der Waals surface area contributed by atoms with Gasteiger partial charge in [-0.1, -0.05) is 82.6 Å². The van der Waals surface area contributed by atoms with Gasteiger partial charge in [-0.2, -0.15) is 0 Å². The summed E-state index contributed by atoms with van der Waals surface area (Å²) in [5.41, 5.74) is 4.48. The first-order chi connectivity index (χ1) is 17.6. The third-order valence-corrected chi connectivity index (χ3v) is 7.62. The van der Waals surface area contributed by atoms with Crippen LogP contribution in [0.2, 0.25) is 0 Å². The first-order valence-corrected chi connectivity index (χ1v) is 13.0. The molecule has 0 aliphatic heterocycles. The van der Waals surface area contributed by atoms with Crippen molar-refractivity contribution in [3.8, 4) is 11.1 Å². The molecule has 0 saturated heterocycles. The van der Waals surface area contributed by atoms with Crippen LogP contribution in [0.1, 0.15) is 57.6 Å². The van der Waals surface area contributed by atoms with Gasteiger partial charge in [0.05, 0.1) is 18.6 Å². The second-order valence-electron chi connectivity index (χ2n) is 10.3. The maximum Gasteiger partial charge on any atom is 0.318 e. The molecule has 0 saturated carbocycles. The molecule has 7 heteroatoms. The Hall–Kier alpha value is -3.19. The predicted octanol–water partition coefficient (Wildman–Crippen LogP) is 4.98. The van der Waals surface area contributed by atoms with Gasteiger partial charge >= 0.3 is 11.9 Å². The maximum atomic E-state index is 13.7. The van der Waals surface area contributed by atoms with Gasteiger partial charge in [0.1, 0.15) is 12.5 Å². The molecule has 2 aromatic rings. The average molecular weight is 510 g/mol. The van der Waals surface area contributed by atoms with Crippen molar-refractivity contribution < 1.29 is 29.0 Å². The molecule has 1 aliphatic rings. The Morgan fingerprint density at radius 2 is 1.51 bits per heavy atom. The van der Waals surface area contributed by atoms with E-state index in [2.05, 4.69) is 24.3 Å². The standard InChI is InChI=1S/C30H39NO6/c1-7-19(4)28(25(36-6)16-26(32)33)31(5)29(34)27(18(2)3)30(35)37-17-24-22-14-10-8-12-20(22)21-13-9-11-15-23(21)24/h8-15,18-19,24-25,27-28H,7,16-17H2,1-6H3,(H,32,33)/t19-,25+,27-,28-/m0/s1. The van der Waals surface area contributed by atoms with Crippen LogP contribution in [-0.4, -0.2) is 60.8 Å². The Balaban J connectivity index is 1.81. The maximum absolute atomic E-state index is 13.7. The molecule has 1 amide bonds. The minimum Gasteiger partial charge on any atom is -0.481 e. The molecule has 1 aliphatic carbocycles. The number of rotatable bonds is 12. The van der Waals surface area contributed by atoms with Crippen LogP contribution in [0.3, 0.4) is 0 Å². The van der Waals surface area contributed by atoms with Gasteiger partial charge in [0.15, 0.2) is 0 Å². The summed E-state index contributed by atoms with van der Waals surface area (Å²) in [4.78, 5) is 40.1. The van der Waals surface area contributed by atoms with Gasteiger partial charge in [0.25, 0.3) is 0 Å². The van der Waals surface area contributed by atoms with Crippen LogP contribution in [0.5, 0.6) is 0 Å². The molecular formula is C30H39NO6. The highest BCUT2D eigenvalue weighted by atomic mass is 16.5. The van der Waals surface area contributed by atoms with E-state index in [-0.39, 0.29) is 36.7 Å². The van der Waals surface area contributed by atoms with Crippen LogP contribution in [0.25, 0.3) is 11.1 Å². The quantitative estimate of drug-likeness (QED) is 0.321. The molecule has 4 atom stereocenters. The highest BCUT2D eigenvalue weighted by Gasteiger charge is 2.41. The average Bonchev–Trinajstić information content (AvgIpc) is 3.19. The Bertz CT molecular complexity index is 1070. The fourth-order valence-electron chi connectivity index (χ4n) is 5.47. The fraction of sp³-hybridized carbons (Fsp3) is 0.500. The number of benzene rings is 2. The number of amides is 1. The third kappa shape index (κ3) is 6.04. The minimum absolute atomic E-state index is 0.0337. The van der Waals surface area contributed by atoms with Gasteiger partial charge in [-0.3, -0.25) is 14.4 Å². The topological polar surface area (TPSA) is 93.1 Å². The van der Waals surface area contributed by atoms with E-state index in [9.17, 15) is 19.5 Å². The van der Waals surface area contributed by atoms with Crippen molar-refractivity contribution in [2.75, 3.05) is 20.8 Å². The van der Waals surface area contributed by atoms with E-state index in [0.29, 0.717) is 0 Å². The van der Waals surface area contributed by atoms with Crippen LogP contribution >= 0.6 is 0 Å². The zero-order valence-electron chi connectivity index (χ0n) is 22.6. The highest BCUT2D eigenvalue weighted by molar-refractivity contribution is 5.98. The van der Waals surface area contributed by atoms with E-state index in [0.717, 1.165) is 28.7 Å². The lowest BCUT2D eigenvalue weighted by atomic mass is 9.88. The van der Waals surface area contributed by atoms with Crippen LogP contribution in [0.15, 0.2) is 48.5 Å². The van der Waals surface area contributed by atoms with Crippen molar-refractivity contribution in [2.24, 2.45) is 17.8 Å². The Morgan fingerprint density at radius 1 is 0.973 bits per heavy atom. The van der Waals surface area contributed by atoms with E-state index in [1.807, 2.05) is 52.0 Å². The number of carboxylic acids is 1. The molecule has 1 N–H and O–H groups in total. The van der Waals surface area contributed by atoms with Gasteiger partial charge in [-0.25, -0.2) is 0 Å². The van der Waals surface area contributed by atoms with E-state index in [1.54, 1.807) is 7.05 Å². The van der Waals surface area contributed by atoms with Crippen molar-refractivity contribution in [1.29, 1.82) is 0 Å². The Morgan fingerprint density at radius 3 is 1.97 bits per heavy atom. The first-order valence-electron chi connectivity index (χ1n) is 13.0. The lowest BCUT2D eigenvalue weighted by Gasteiger charge is -2.39.